The number of aliphatic hydroxyl groups excluding tert-OH is 1. The third kappa shape index (κ3) is 4.24. The van der Waals surface area contributed by atoms with E-state index in [-0.39, 0.29) is 5.75 Å². The standard InChI is InChI=1S/C15H16ClNO2/c16-13-6-4-12(5-7-13)15(19)10-17-9-11-2-1-3-14(18)8-11/h1-8,15,17-19H,9-10H2. The molecule has 3 N–H and O–H groups in total. The summed E-state index contributed by atoms with van der Waals surface area (Å²) in [5.41, 5.74) is 1.80. The van der Waals surface area contributed by atoms with Crippen molar-refractivity contribution in [2.75, 3.05) is 6.54 Å². The van der Waals surface area contributed by atoms with Crippen LogP contribution >= 0.6 is 11.6 Å². The van der Waals surface area contributed by atoms with E-state index in [1.54, 1.807) is 30.3 Å². The summed E-state index contributed by atoms with van der Waals surface area (Å²) in [6, 6.07) is 14.2. The highest BCUT2D eigenvalue weighted by Crippen LogP contribution is 2.16. The molecule has 3 nitrogen and oxygen atoms in total. The molecule has 0 spiro atoms. The monoisotopic (exact) mass is 277 g/mol. The van der Waals surface area contributed by atoms with E-state index >= 15 is 0 Å². The minimum Gasteiger partial charge on any atom is -0.508 e. The van der Waals surface area contributed by atoms with Crippen molar-refractivity contribution < 1.29 is 10.2 Å². The number of nitrogens with one attached hydrogen (secondary N) is 1. The second-order valence-corrected chi connectivity index (χ2v) is 4.80. The number of aromatic hydroxyl groups is 1. The molecule has 0 fully saturated rings. The summed E-state index contributed by atoms with van der Waals surface area (Å²) >= 11 is 5.79. The van der Waals surface area contributed by atoms with Gasteiger partial charge < -0.3 is 15.5 Å². The highest BCUT2D eigenvalue weighted by atomic mass is 35.5. The molecule has 0 aliphatic carbocycles. The molecular formula is C15H16ClNO2. The van der Waals surface area contributed by atoms with Crippen LogP contribution in [0.4, 0.5) is 0 Å². The van der Waals surface area contributed by atoms with E-state index in [9.17, 15) is 10.2 Å². The van der Waals surface area contributed by atoms with Gasteiger partial charge >= 0.3 is 0 Å². The molecule has 2 rings (SSSR count). The Morgan fingerprint density at radius 2 is 1.84 bits per heavy atom. The lowest BCUT2D eigenvalue weighted by Gasteiger charge is -2.12. The zero-order chi connectivity index (χ0) is 13.7. The van der Waals surface area contributed by atoms with E-state index in [0.717, 1.165) is 11.1 Å². The molecule has 0 saturated heterocycles. The van der Waals surface area contributed by atoms with Crippen molar-refractivity contribution in [2.24, 2.45) is 0 Å². The third-order valence-electron chi connectivity index (χ3n) is 2.83. The number of hydrogen-bond acceptors (Lipinski definition) is 3. The first kappa shape index (κ1) is 13.9. The molecule has 0 aromatic heterocycles. The molecule has 2 aromatic carbocycles. The Bertz CT molecular complexity index is 528. The second-order valence-electron chi connectivity index (χ2n) is 4.37. The molecule has 19 heavy (non-hydrogen) atoms. The van der Waals surface area contributed by atoms with Crippen molar-refractivity contribution in [2.45, 2.75) is 12.6 Å². The molecule has 0 amide bonds. The van der Waals surface area contributed by atoms with Gasteiger partial charge in [-0.3, -0.25) is 0 Å². The molecule has 0 radical (unpaired) electrons. The summed E-state index contributed by atoms with van der Waals surface area (Å²) in [5, 5.41) is 23.1. The summed E-state index contributed by atoms with van der Waals surface area (Å²) in [4.78, 5) is 0. The van der Waals surface area contributed by atoms with Crippen molar-refractivity contribution in [3.63, 3.8) is 0 Å². The van der Waals surface area contributed by atoms with Crippen molar-refractivity contribution in [1.29, 1.82) is 0 Å². The second kappa shape index (κ2) is 6.57. The Balaban J connectivity index is 1.84. The normalized spacial score (nSPS) is 12.3. The number of aliphatic hydroxyl groups is 1. The maximum atomic E-state index is 9.99. The lowest BCUT2D eigenvalue weighted by atomic mass is 10.1. The van der Waals surface area contributed by atoms with E-state index < -0.39 is 6.10 Å². The zero-order valence-corrected chi connectivity index (χ0v) is 11.1. The van der Waals surface area contributed by atoms with Gasteiger partial charge in [0.1, 0.15) is 5.75 Å². The first-order valence-corrected chi connectivity index (χ1v) is 6.45. The Morgan fingerprint density at radius 1 is 1.11 bits per heavy atom. The van der Waals surface area contributed by atoms with Gasteiger partial charge in [-0.2, -0.15) is 0 Å². The van der Waals surface area contributed by atoms with Crippen molar-refractivity contribution >= 4 is 11.6 Å². The summed E-state index contributed by atoms with van der Waals surface area (Å²) in [6.07, 6.45) is -0.574. The van der Waals surface area contributed by atoms with Crippen LogP contribution in [0.15, 0.2) is 48.5 Å². The predicted octanol–water partition coefficient (Wildman–Crippen LogP) is 2.87. The SMILES string of the molecule is Oc1cccc(CNCC(O)c2ccc(Cl)cc2)c1. The number of phenolic OH excluding ortho intramolecular Hbond substituents is 1. The molecule has 1 unspecified atom stereocenters. The van der Waals surface area contributed by atoms with Crippen LogP contribution in [0, 0.1) is 0 Å². The minimum absolute atomic E-state index is 0.248. The van der Waals surface area contributed by atoms with Crippen LogP contribution in [0.1, 0.15) is 17.2 Å². The third-order valence-corrected chi connectivity index (χ3v) is 3.08. The lowest BCUT2D eigenvalue weighted by molar-refractivity contribution is 0.174. The van der Waals surface area contributed by atoms with Gasteiger partial charge in [0, 0.05) is 18.1 Å². The fraction of sp³-hybridized carbons (Fsp3) is 0.200. The summed E-state index contributed by atoms with van der Waals surface area (Å²) in [6.45, 7) is 1.04. The average Bonchev–Trinajstić information content (AvgIpc) is 2.39. The van der Waals surface area contributed by atoms with Crippen LogP contribution in [0.25, 0.3) is 0 Å². The Labute approximate surface area is 117 Å². The molecule has 2 aromatic rings. The van der Waals surface area contributed by atoms with Crippen molar-refractivity contribution in [3.05, 3.63) is 64.7 Å². The number of phenols is 1. The van der Waals surface area contributed by atoms with Gasteiger partial charge in [0.25, 0.3) is 0 Å². The van der Waals surface area contributed by atoms with E-state index in [2.05, 4.69) is 5.32 Å². The van der Waals surface area contributed by atoms with Crippen LogP contribution in [-0.4, -0.2) is 16.8 Å². The Kier molecular flexibility index (Phi) is 4.80. The Hall–Kier alpha value is -1.55. The predicted molar refractivity (Wildman–Crippen MR) is 76.2 cm³/mol. The molecule has 1 atom stereocenters. The van der Waals surface area contributed by atoms with Gasteiger partial charge in [-0.1, -0.05) is 35.9 Å². The topological polar surface area (TPSA) is 52.5 Å². The Morgan fingerprint density at radius 3 is 2.53 bits per heavy atom. The highest BCUT2D eigenvalue weighted by molar-refractivity contribution is 6.30. The van der Waals surface area contributed by atoms with Crippen LogP contribution in [-0.2, 0) is 6.54 Å². The largest absolute Gasteiger partial charge is 0.508 e. The van der Waals surface area contributed by atoms with Gasteiger partial charge in [-0.05, 0) is 35.4 Å². The van der Waals surface area contributed by atoms with Gasteiger partial charge in [0.2, 0.25) is 0 Å². The first-order valence-electron chi connectivity index (χ1n) is 6.07. The molecule has 100 valence electrons. The number of rotatable bonds is 5. The quantitative estimate of drug-likeness (QED) is 0.788. The first-order chi connectivity index (χ1) is 9.15. The van der Waals surface area contributed by atoms with Gasteiger partial charge in [0.05, 0.1) is 6.10 Å². The van der Waals surface area contributed by atoms with Crippen LogP contribution in [0.5, 0.6) is 5.75 Å². The summed E-state index contributed by atoms with van der Waals surface area (Å²) in [7, 11) is 0. The number of hydrogen-bond donors (Lipinski definition) is 3. The van der Waals surface area contributed by atoms with Gasteiger partial charge in [0.15, 0.2) is 0 Å². The fourth-order valence-corrected chi connectivity index (χ4v) is 1.95. The van der Waals surface area contributed by atoms with Gasteiger partial charge in [-0.25, -0.2) is 0 Å². The number of halogens is 1. The van der Waals surface area contributed by atoms with Crippen LogP contribution in [0.2, 0.25) is 5.02 Å². The molecule has 0 saturated carbocycles. The smallest absolute Gasteiger partial charge is 0.115 e. The highest BCUT2D eigenvalue weighted by Gasteiger charge is 2.06. The fourth-order valence-electron chi connectivity index (χ4n) is 1.82. The molecule has 4 heteroatoms. The maximum absolute atomic E-state index is 9.99. The lowest BCUT2D eigenvalue weighted by Crippen LogP contribution is -2.20. The zero-order valence-electron chi connectivity index (χ0n) is 10.4. The summed E-state index contributed by atoms with van der Waals surface area (Å²) < 4.78 is 0. The van der Waals surface area contributed by atoms with Crippen molar-refractivity contribution in [3.8, 4) is 5.75 Å². The van der Waals surface area contributed by atoms with E-state index in [0.29, 0.717) is 18.1 Å². The molecule has 0 aliphatic heterocycles. The minimum atomic E-state index is -0.574. The van der Waals surface area contributed by atoms with Crippen LogP contribution < -0.4 is 5.32 Å². The van der Waals surface area contributed by atoms with Gasteiger partial charge in [-0.15, -0.1) is 0 Å². The van der Waals surface area contributed by atoms with E-state index in [1.165, 1.54) is 0 Å². The maximum Gasteiger partial charge on any atom is 0.115 e. The van der Waals surface area contributed by atoms with E-state index in [4.69, 9.17) is 11.6 Å². The van der Waals surface area contributed by atoms with Crippen LogP contribution in [0.3, 0.4) is 0 Å². The molecular weight excluding hydrogens is 262 g/mol. The molecule has 0 bridgehead atoms. The average molecular weight is 278 g/mol. The number of benzene rings is 2. The van der Waals surface area contributed by atoms with E-state index in [1.807, 2.05) is 18.2 Å². The van der Waals surface area contributed by atoms with Crippen molar-refractivity contribution in [1.82, 2.24) is 5.32 Å². The summed E-state index contributed by atoms with van der Waals surface area (Å²) in [5.74, 6) is 0.248. The molecule has 0 aliphatic rings. The molecule has 0 heterocycles.